The number of rotatable bonds is 5. The molecule has 2 aliphatic carbocycles. The Balaban J connectivity index is 1.65. The van der Waals surface area contributed by atoms with Crippen molar-refractivity contribution in [3.05, 3.63) is 12.2 Å². The minimum atomic E-state index is -0.827. The fourth-order valence-corrected chi connectivity index (χ4v) is 2.61. The van der Waals surface area contributed by atoms with E-state index in [1.807, 2.05) is 0 Å². The molecule has 100 valence electrons. The number of carbonyl (C=O) groups excluding carboxylic acids is 1. The van der Waals surface area contributed by atoms with E-state index in [0.29, 0.717) is 19.0 Å². The van der Waals surface area contributed by atoms with Gasteiger partial charge in [-0.1, -0.05) is 25.0 Å². The summed E-state index contributed by atoms with van der Waals surface area (Å²) in [5, 5.41) is 14.9. The van der Waals surface area contributed by atoms with E-state index in [-0.39, 0.29) is 11.9 Å². The van der Waals surface area contributed by atoms with E-state index in [1.165, 1.54) is 12.8 Å². The zero-order valence-corrected chi connectivity index (χ0v) is 10.4. The highest BCUT2D eigenvalue weighted by Crippen LogP contribution is 2.18. The first-order valence-electron chi connectivity index (χ1n) is 6.59. The van der Waals surface area contributed by atoms with Crippen LogP contribution in [0.2, 0.25) is 0 Å². The highest BCUT2D eigenvalue weighted by atomic mass is 16.4. The number of carbonyl (C=O) groups is 2. The normalized spacial score (nSPS) is 27.6. The Kier molecular flexibility index (Phi) is 4.36. The van der Waals surface area contributed by atoms with Gasteiger partial charge in [-0.3, -0.25) is 9.59 Å². The molecule has 0 saturated heterocycles. The van der Waals surface area contributed by atoms with E-state index >= 15 is 0 Å². The molecule has 5 nitrogen and oxygen atoms in total. The van der Waals surface area contributed by atoms with Crippen LogP contribution in [-0.2, 0) is 9.59 Å². The summed E-state index contributed by atoms with van der Waals surface area (Å²) < 4.78 is 0. The predicted molar refractivity (Wildman–Crippen MR) is 67.1 cm³/mol. The topological polar surface area (TPSA) is 78.4 Å². The lowest BCUT2D eigenvalue weighted by Crippen LogP contribution is -2.41. The molecule has 18 heavy (non-hydrogen) atoms. The molecular formula is C13H20N2O3. The van der Waals surface area contributed by atoms with Crippen LogP contribution in [0.15, 0.2) is 12.2 Å². The van der Waals surface area contributed by atoms with Crippen molar-refractivity contribution in [2.75, 3.05) is 6.54 Å². The van der Waals surface area contributed by atoms with E-state index in [0.717, 1.165) is 12.8 Å². The quantitative estimate of drug-likeness (QED) is 0.628. The Morgan fingerprint density at radius 3 is 2.56 bits per heavy atom. The Morgan fingerprint density at radius 1 is 1.22 bits per heavy atom. The third kappa shape index (κ3) is 3.57. The lowest BCUT2D eigenvalue weighted by Gasteiger charge is -2.15. The molecule has 0 radical (unpaired) electrons. The Labute approximate surface area is 107 Å². The monoisotopic (exact) mass is 252 g/mol. The lowest BCUT2D eigenvalue weighted by molar-refractivity contribution is -0.140. The summed E-state index contributed by atoms with van der Waals surface area (Å²) in [6, 6.07) is 0.339. The molecule has 2 unspecified atom stereocenters. The second kappa shape index (κ2) is 6.00. The molecule has 1 amide bonds. The van der Waals surface area contributed by atoms with Crippen LogP contribution in [0.3, 0.4) is 0 Å². The van der Waals surface area contributed by atoms with Crippen LogP contribution in [0.5, 0.6) is 0 Å². The molecular weight excluding hydrogens is 232 g/mol. The standard InChI is InChI=1S/C13H20N2O3/c16-12(8-14-10-3-1-2-4-10)15-11-6-5-9(7-11)13(17)18/h5-6,9-11,14H,1-4,7-8H2,(H,15,16)(H,17,18). The third-order valence-electron chi connectivity index (χ3n) is 3.65. The van der Waals surface area contributed by atoms with Crippen molar-refractivity contribution in [2.45, 2.75) is 44.2 Å². The van der Waals surface area contributed by atoms with Crippen molar-refractivity contribution in [3.63, 3.8) is 0 Å². The summed E-state index contributed by atoms with van der Waals surface area (Å²) >= 11 is 0. The summed E-state index contributed by atoms with van der Waals surface area (Å²) in [7, 11) is 0. The van der Waals surface area contributed by atoms with E-state index in [9.17, 15) is 9.59 Å². The summed E-state index contributed by atoms with van der Waals surface area (Å²) in [4.78, 5) is 22.4. The van der Waals surface area contributed by atoms with Crippen LogP contribution in [0.4, 0.5) is 0 Å². The predicted octanol–water partition coefficient (Wildman–Crippen LogP) is 0.664. The average Bonchev–Trinajstić information content (AvgIpc) is 2.96. The van der Waals surface area contributed by atoms with E-state index in [4.69, 9.17) is 5.11 Å². The molecule has 2 rings (SSSR count). The van der Waals surface area contributed by atoms with Crippen molar-refractivity contribution < 1.29 is 14.7 Å². The largest absolute Gasteiger partial charge is 0.481 e. The number of nitrogens with one attached hydrogen (secondary N) is 2. The van der Waals surface area contributed by atoms with Crippen LogP contribution in [-0.4, -0.2) is 35.6 Å². The first kappa shape index (κ1) is 13.1. The maximum Gasteiger partial charge on any atom is 0.310 e. The van der Waals surface area contributed by atoms with E-state index in [2.05, 4.69) is 10.6 Å². The number of hydrogen-bond donors (Lipinski definition) is 3. The summed E-state index contributed by atoms with van der Waals surface area (Å²) in [6.07, 6.45) is 8.67. The van der Waals surface area contributed by atoms with Gasteiger partial charge in [-0.2, -0.15) is 0 Å². The number of amides is 1. The van der Waals surface area contributed by atoms with Crippen LogP contribution in [0.1, 0.15) is 32.1 Å². The maximum atomic E-state index is 11.7. The highest BCUT2D eigenvalue weighted by molar-refractivity contribution is 5.79. The van der Waals surface area contributed by atoms with Gasteiger partial charge in [0, 0.05) is 12.1 Å². The molecule has 0 aliphatic heterocycles. The minimum Gasteiger partial charge on any atom is -0.481 e. The molecule has 0 aromatic rings. The van der Waals surface area contributed by atoms with Crippen LogP contribution < -0.4 is 10.6 Å². The molecule has 5 heteroatoms. The molecule has 0 spiro atoms. The van der Waals surface area contributed by atoms with Gasteiger partial charge in [0.1, 0.15) is 0 Å². The van der Waals surface area contributed by atoms with Crippen molar-refractivity contribution in [1.29, 1.82) is 0 Å². The molecule has 0 aromatic heterocycles. The molecule has 0 bridgehead atoms. The number of carboxylic acid groups (broad SMARTS) is 1. The van der Waals surface area contributed by atoms with Gasteiger partial charge in [0.2, 0.25) is 5.91 Å². The van der Waals surface area contributed by atoms with Gasteiger partial charge >= 0.3 is 5.97 Å². The first-order valence-corrected chi connectivity index (χ1v) is 6.59. The average molecular weight is 252 g/mol. The third-order valence-corrected chi connectivity index (χ3v) is 3.65. The van der Waals surface area contributed by atoms with Gasteiger partial charge in [-0.05, 0) is 19.3 Å². The van der Waals surface area contributed by atoms with Crippen molar-refractivity contribution in [1.82, 2.24) is 10.6 Å². The summed E-state index contributed by atoms with van der Waals surface area (Å²) in [5.41, 5.74) is 0. The fraction of sp³-hybridized carbons (Fsp3) is 0.692. The molecule has 0 heterocycles. The lowest BCUT2D eigenvalue weighted by atomic mass is 10.1. The van der Waals surface area contributed by atoms with Gasteiger partial charge in [0.25, 0.3) is 0 Å². The molecule has 2 atom stereocenters. The van der Waals surface area contributed by atoms with Gasteiger partial charge in [0.05, 0.1) is 12.5 Å². The van der Waals surface area contributed by atoms with Crippen LogP contribution in [0, 0.1) is 5.92 Å². The van der Waals surface area contributed by atoms with Crippen LogP contribution in [0.25, 0.3) is 0 Å². The van der Waals surface area contributed by atoms with Gasteiger partial charge in [0.15, 0.2) is 0 Å². The van der Waals surface area contributed by atoms with Crippen LogP contribution >= 0.6 is 0 Å². The Bertz CT molecular complexity index is 348. The SMILES string of the molecule is O=C(CNC1CCCC1)NC1C=CC(C(=O)O)C1. The zero-order chi connectivity index (χ0) is 13.0. The van der Waals surface area contributed by atoms with Crippen molar-refractivity contribution >= 4 is 11.9 Å². The Morgan fingerprint density at radius 2 is 1.94 bits per heavy atom. The molecule has 1 fully saturated rings. The highest BCUT2D eigenvalue weighted by Gasteiger charge is 2.25. The van der Waals surface area contributed by atoms with E-state index in [1.54, 1.807) is 12.2 Å². The number of carboxylic acids is 1. The molecule has 3 N–H and O–H groups in total. The van der Waals surface area contributed by atoms with E-state index < -0.39 is 11.9 Å². The fourth-order valence-electron chi connectivity index (χ4n) is 2.61. The summed E-state index contributed by atoms with van der Waals surface area (Å²) in [6.45, 7) is 0.326. The molecule has 1 saturated carbocycles. The molecule has 2 aliphatic rings. The number of aliphatic carboxylic acids is 1. The van der Waals surface area contributed by atoms with Crippen molar-refractivity contribution in [2.24, 2.45) is 5.92 Å². The van der Waals surface area contributed by atoms with Crippen molar-refractivity contribution in [3.8, 4) is 0 Å². The Hall–Kier alpha value is -1.36. The second-order valence-corrected chi connectivity index (χ2v) is 5.10. The number of hydrogen-bond acceptors (Lipinski definition) is 3. The second-order valence-electron chi connectivity index (χ2n) is 5.10. The van der Waals surface area contributed by atoms with Gasteiger partial charge in [-0.15, -0.1) is 0 Å². The van der Waals surface area contributed by atoms with Gasteiger partial charge in [-0.25, -0.2) is 0 Å². The summed E-state index contributed by atoms with van der Waals surface area (Å²) in [5.74, 6) is -1.34. The first-order chi connectivity index (χ1) is 8.65. The zero-order valence-electron chi connectivity index (χ0n) is 10.4. The minimum absolute atomic E-state index is 0.0532. The molecule has 0 aromatic carbocycles. The maximum absolute atomic E-state index is 11.7. The smallest absolute Gasteiger partial charge is 0.310 e. The van der Waals surface area contributed by atoms with Gasteiger partial charge < -0.3 is 15.7 Å².